The molecule has 1 saturated heterocycles. The Labute approximate surface area is 206 Å². The monoisotopic (exact) mass is 486 g/mol. The van der Waals surface area contributed by atoms with E-state index in [1.54, 1.807) is 31.2 Å². The third-order valence-electron chi connectivity index (χ3n) is 5.57. The number of nitriles is 1. The van der Waals surface area contributed by atoms with Crippen molar-refractivity contribution in [3.63, 3.8) is 0 Å². The second-order valence-corrected chi connectivity index (χ2v) is 8.73. The lowest BCUT2D eigenvalue weighted by molar-refractivity contribution is -0.150. The highest BCUT2D eigenvalue weighted by Gasteiger charge is 2.41. The number of thioether (sulfide) groups is 1. The molecule has 1 aliphatic rings. The van der Waals surface area contributed by atoms with Crippen LogP contribution in [0.25, 0.3) is 16.8 Å². The molecule has 1 atom stereocenters. The predicted octanol–water partition coefficient (Wildman–Crippen LogP) is 5.28. The van der Waals surface area contributed by atoms with Crippen molar-refractivity contribution in [2.24, 2.45) is 0 Å². The molecule has 0 aromatic heterocycles. The molecule has 1 aliphatic heterocycles. The first kappa shape index (κ1) is 24.0. The summed E-state index contributed by atoms with van der Waals surface area (Å²) in [6.45, 7) is 3.44. The summed E-state index contributed by atoms with van der Waals surface area (Å²) in [7, 11) is 0. The first-order valence-electron chi connectivity index (χ1n) is 11.0. The number of nitrogens with zero attached hydrogens (tertiary/aromatic N) is 2. The zero-order valence-corrected chi connectivity index (χ0v) is 20.0. The number of amides is 2. The molecule has 1 fully saturated rings. The predicted molar refractivity (Wildman–Crippen MR) is 133 cm³/mol. The van der Waals surface area contributed by atoms with Gasteiger partial charge >= 0.3 is 5.97 Å². The lowest BCUT2D eigenvalue weighted by atomic mass is 10.0. The number of rotatable bonds is 7. The number of carbonyl (C=O) groups excluding carboxylic acids is 3. The molecule has 0 aliphatic carbocycles. The van der Waals surface area contributed by atoms with Gasteiger partial charge in [-0.15, -0.1) is 0 Å². The second kappa shape index (κ2) is 10.5. The molecule has 4 rings (SSSR count). The number of ether oxygens (including phenoxy) is 2. The first-order chi connectivity index (χ1) is 16.9. The van der Waals surface area contributed by atoms with Crippen LogP contribution in [0.2, 0.25) is 0 Å². The zero-order chi connectivity index (χ0) is 24.9. The van der Waals surface area contributed by atoms with Gasteiger partial charge in [-0.25, -0.2) is 4.79 Å². The maximum atomic E-state index is 13.1. The molecule has 0 spiro atoms. The van der Waals surface area contributed by atoms with Crippen LogP contribution in [0.4, 0.5) is 4.79 Å². The van der Waals surface area contributed by atoms with Gasteiger partial charge in [0.25, 0.3) is 11.1 Å². The molecule has 8 heteroatoms. The van der Waals surface area contributed by atoms with Gasteiger partial charge in [0, 0.05) is 11.1 Å². The van der Waals surface area contributed by atoms with E-state index in [1.807, 2.05) is 42.5 Å². The van der Waals surface area contributed by atoms with E-state index in [-0.39, 0.29) is 18.1 Å². The van der Waals surface area contributed by atoms with Gasteiger partial charge in [0.1, 0.15) is 18.4 Å². The smallest absolute Gasteiger partial charge is 0.329 e. The molecule has 0 N–H and O–H groups in total. The quantitative estimate of drug-likeness (QED) is 0.331. The van der Waals surface area contributed by atoms with Gasteiger partial charge in [-0.05, 0) is 54.6 Å². The average molecular weight is 487 g/mol. The van der Waals surface area contributed by atoms with Crippen molar-refractivity contribution in [1.29, 1.82) is 5.26 Å². The summed E-state index contributed by atoms with van der Waals surface area (Å²) < 4.78 is 11.1. The van der Waals surface area contributed by atoms with Crippen molar-refractivity contribution < 1.29 is 23.9 Å². The molecular weight excluding hydrogens is 464 g/mol. The standard InChI is InChI=1S/C27H22N2O5S/c1-3-33-26(31)17(2)29-25(30)24(35-27(29)32)14-22-21-11-7-6-8-18(21)12-13-23(22)34-16-20-10-5-4-9-19(20)15-28/h4-14,17H,3,16H2,1-2H3/b24-14+/t17-/m0/s1. The number of imide groups is 1. The second-order valence-electron chi connectivity index (χ2n) is 7.74. The summed E-state index contributed by atoms with van der Waals surface area (Å²) >= 11 is 0.770. The number of hydrogen-bond acceptors (Lipinski definition) is 7. The highest BCUT2D eigenvalue weighted by atomic mass is 32.2. The molecule has 0 saturated carbocycles. The first-order valence-corrected chi connectivity index (χ1v) is 11.8. The number of hydrogen-bond donors (Lipinski definition) is 0. The average Bonchev–Trinajstić information content (AvgIpc) is 3.15. The van der Waals surface area contributed by atoms with E-state index in [0.29, 0.717) is 16.9 Å². The number of benzene rings is 3. The number of fused-ring (bicyclic) bond motifs is 1. The van der Waals surface area contributed by atoms with Crippen molar-refractivity contribution in [3.05, 3.63) is 82.3 Å². The molecule has 0 bridgehead atoms. The summed E-state index contributed by atoms with van der Waals surface area (Å²) in [4.78, 5) is 39.0. The third-order valence-corrected chi connectivity index (χ3v) is 6.45. The minimum absolute atomic E-state index is 0.154. The summed E-state index contributed by atoms with van der Waals surface area (Å²) in [5.41, 5.74) is 1.88. The Morgan fingerprint density at radius 2 is 1.86 bits per heavy atom. The number of carbonyl (C=O) groups is 3. The Bertz CT molecular complexity index is 1390. The van der Waals surface area contributed by atoms with Gasteiger partial charge in [0.2, 0.25) is 0 Å². The molecule has 176 valence electrons. The lowest BCUT2D eigenvalue weighted by Crippen LogP contribution is -2.42. The van der Waals surface area contributed by atoms with Gasteiger partial charge in [0.05, 0.1) is 23.1 Å². The fourth-order valence-electron chi connectivity index (χ4n) is 3.77. The topological polar surface area (TPSA) is 96.7 Å². The summed E-state index contributed by atoms with van der Waals surface area (Å²) in [6, 6.07) is 19.6. The highest BCUT2D eigenvalue weighted by Crippen LogP contribution is 2.38. The van der Waals surface area contributed by atoms with Crippen LogP contribution < -0.4 is 4.74 Å². The fraction of sp³-hybridized carbons (Fsp3) is 0.185. The van der Waals surface area contributed by atoms with Crippen LogP contribution in [-0.2, 0) is 20.9 Å². The Hall–Kier alpha value is -4.09. The highest BCUT2D eigenvalue weighted by molar-refractivity contribution is 8.18. The minimum atomic E-state index is -1.03. The van der Waals surface area contributed by atoms with Crippen molar-refractivity contribution >= 4 is 45.7 Å². The van der Waals surface area contributed by atoms with E-state index in [4.69, 9.17) is 9.47 Å². The van der Waals surface area contributed by atoms with Gasteiger partial charge < -0.3 is 9.47 Å². The maximum absolute atomic E-state index is 13.1. The van der Waals surface area contributed by atoms with Crippen molar-refractivity contribution in [2.75, 3.05) is 6.61 Å². The maximum Gasteiger partial charge on any atom is 0.329 e. The largest absolute Gasteiger partial charge is 0.488 e. The minimum Gasteiger partial charge on any atom is -0.488 e. The van der Waals surface area contributed by atoms with E-state index in [9.17, 15) is 19.6 Å². The normalized spacial score (nSPS) is 15.3. The van der Waals surface area contributed by atoms with Gasteiger partial charge in [-0.2, -0.15) is 5.26 Å². The Morgan fingerprint density at radius 3 is 2.63 bits per heavy atom. The van der Waals surface area contributed by atoms with E-state index in [1.165, 1.54) is 6.92 Å². The molecule has 2 amide bonds. The molecule has 0 unspecified atom stereocenters. The fourth-order valence-corrected chi connectivity index (χ4v) is 4.66. The van der Waals surface area contributed by atoms with Gasteiger partial charge in [-0.1, -0.05) is 48.5 Å². The van der Waals surface area contributed by atoms with Crippen LogP contribution in [-0.4, -0.2) is 34.7 Å². The Kier molecular flexibility index (Phi) is 7.18. The molecular formula is C27H22N2O5S. The SMILES string of the molecule is CCOC(=O)[C@H](C)N1C(=O)S/C(=C/c2c(OCc3ccccc3C#N)ccc3ccccc23)C1=O. The lowest BCUT2D eigenvalue weighted by Gasteiger charge is -2.19. The van der Waals surface area contributed by atoms with E-state index in [2.05, 4.69) is 6.07 Å². The summed E-state index contributed by atoms with van der Waals surface area (Å²) in [5, 5.41) is 10.6. The van der Waals surface area contributed by atoms with Crippen LogP contribution in [0.1, 0.15) is 30.5 Å². The molecule has 3 aromatic carbocycles. The van der Waals surface area contributed by atoms with Crippen LogP contribution in [0.3, 0.4) is 0 Å². The molecule has 35 heavy (non-hydrogen) atoms. The summed E-state index contributed by atoms with van der Waals surface area (Å²) in [6.07, 6.45) is 1.62. The van der Waals surface area contributed by atoms with E-state index >= 15 is 0 Å². The van der Waals surface area contributed by atoms with Gasteiger partial charge in [0.15, 0.2) is 0 Å². The van der Waals surface area contributed by atoms with Crippen LogP contribution in [0, 0.1) is 11.3 Å². The van der Waals surface area contributed by atoms with Crippen molar-refractivity contribution in [3.8, 4) is 11.8 Å². The van der Waals surface area contributed by atoms with Crippen LogP contribution >= 0.6 is 11.8 Å². The molecule has 0 radical (unpaired) electrons. The summed E-state index contributed by atoms with van der Waals surface area (Å²) in [5.74, 6) is -0.697. The van der Waals surface area contributed by atoms with Crippen molar-refractivity contribution in [2.45, 2.75) is 26.5 Å². The van der Waals surface area contributed by atoms with E-state index < -0.39 is 23.2 Å². The van der Waals surface area contributed by atoms with Crippen LogP contribution in [0.15, 0.2) is 65.6 Å². The van der Waals surface area contributed by atoms with Crippen molar-refractivity contribution in [1.82, 2.24) is 4.90 Å². The molecule has 7 nitrogen and oxygen atoms in total. The number of esters is 1. The van der Waals surface area contributed by atoms with E-state index in [0.717, 1.165) is 33.0 Å². The van der Waals surface area contributed by atoms with Gasteiger partial charge in [-0.3, -0.25) is 14.5 Å². The van der Waals surface area contributed by atoms with Crippen LogP contribution in [0.5, 0.6) is 5.75 Å². The third kappa shape index (κ3) is 4.91. The molecule has 1 heterocycles. The molecule has 3 aromatic rings. The zero-order valence-electron chi connectivity index (χ0n) is 19.2. The Morgan fingerprint density at radius 1 is 1.11 bits per heavy atom. The Balaban J connectivity index is 1.71.